The van der Waals surface area contributed by atoms with Gasteiger partial charge in [0.05, 0.1) is 17.6 Å². The number of nitrogens with one attached hydrogen (secondary N) is 1. The van der Waals surface area contributed by atoms with Crippen LogP contribution >= 0.6 is 0 Å². The molecule has 1 aliphatic heterocycles. The Morgan fingerprint density at radius 2 is 1.97 bits per heavy atom. The van der Waals surface area contributed by atoms with Gasteiger partial charge in [0.1, 0.15) is 5.69 Å². The molecule has 0 spiro atoms. The molecule has 30 heavy (non-hydrogen) atoms. The Bertz CT molecular complexity index is 817. The van der Waals surface area contributed by atoms with Crippen molar-refractivity contribution in [1.29, 1.82) is 0 Å². The molecule has 1 aliphatic rings. The van der Waals surface area contributed by atoms with Gasteiger partial charge < -0.3 is 15.1 Å². The van der Waals surface area contributed by atoms with Gasteiger partial charge in [0.15, 0.2) is 5.84 Å². The average Bonchev–Trinajstić information content (AvgIpc) is 2.73. The maximum absolute atomic E-state index is 13.4. The number of allylic oxidation sites excluding steroid dienone is 2. The predicted molar refractivity (Wildman–Crippen MR) is 116 cm³/mol. The molecule has 0 radical (unpaired) electrons. The third-order valence-electron chi connectivity index (χ3n) is 4.55. The molecule has 1 saturated heterocycles. The predicted octanol–water partition coefficient (Wildman–Crippen LogP) is 4.16. The molecular weight excluding hydrogens is 388 g/mol. The number of pyridine rings is 1. The third kappa shape index (κ3) is 6.23. The lowest BCUT2D eigenvalue weighted by Gasteiger charge is -2.36. The third-order valence-corrected chi connectivity index (χ3v) is 4.55. The van der Waals surface area contributed by atoms with Crippen molar-refractivity contribution in [2.45, 2.75) is 33.1 Å². The smallest absolute Gasteiger partial charge is 0.286 e. The first kappa shape index (κ1) is 23.3. The Labute approximate surface area is 176 Å². The normalized spacial score (nSPS) is 16.2. The number of aliphatic imine (C=N–C) groups is 1. The molecular formula is C22H29F2N5O. The summed E-state index contributed by atoms with van der Waals surface area (Å²) in [5.41, 5.74) is 1.08. The number of amides is 1. The fourth-order valence-corrected chi connectivity index (χ4v) is 3.02. The minimum atomic E-state index is -2.98. The summed E-state index contributed by atoms with van der Waals surface area (Å²) in [5, 5.41) is 3.26. The highest BCUT2D eigenvalue weighted by molar-refractivity contribution is 6.01. The molecule has 0 saturated carbocycles. The highest BCUT2D eigenvalue weighted by Crippen LogP contribution is 2.26. The number of halogens is 2. The van der Waals surface area contributed by atoms with E-state index in [9.17, 15) is 13.6 Å². The van der Waals surface area contributed by atoms with Crippen molar-refractivity contribution < 1.29 is 13.6 Å². The zero-order chi connectivity index (χ0) is 22.1. The number of anilines is 1. The second-order valence-electron chi connectivity index (χ2n) is 6.92. The molecule has 1 aromatic rings. The Kier molecular flexibility index (Phi) is 8.26. The molecule has 1 aromatic heterocycles. The summed E-state index contributed by atoms with van der Waals surface area (Å²) in [6.45, 7) is 10.6. The highest BCUT2D eigenvalue weighted by Gasteiger charge is 2.26. The first-order valence-corrected chi connectivity index (χ1v) is 9.97. The van der Waals surface area contributed by atoms with Gasteiger partial charge in [0.2, 0.25) is 5.91 Å². The van der Waals surface area contributed by atoms with Crippen LogP contribution in [-0.2, 0) is 10.7 Å². The Morgan fingerprint density at radius 1 is 1.30 bits per heavy atom. The van der Waals surface area contributed by atoms with E-state index in [1.54, 1.807) is 17.2 Å². The lowest BCUT2D eigenvalue weighted by Crippen LogP contribution is -2.51. The lowest BCUT2D eigenvalue weighted by atomic mass is 10.2. The van der Waals surface area contributed by atoms with Crippen molar-refractivity contribution in [1.82, 2.24) is 14.8 Å². The van der Waals surface area contributed by atoms with Crippen LogP contribution in [0.5, 0.6) is 0 Å². The zero-order valence-corrected chi connectivity index (χ0v) is 17.7. The number of alkyl halides is 2. The second kappa shape index (κ2) is 10.7. The molecule has 0 aliphatic carbocycles. The summed E-state index contributed by atoms with van der Waals surface area (Å²) in [5.74, 6) is -2.34. The molecule has 1 N–H and O–H groups in total. The summed E-state index contributed by atoms with van der Waals surface area (Å²) in [7, 11) is 0. The van der Waals surface area contributed by atoms with Crippen LogP contribution in [0.3, 0.4) is 0 Å². The number of carbonyl (C=O) groups is 1. The number of amidine groups is 1. The quantitative estimate of drug-likeness (QED) is 0.411. The summed E-state index contributed by atoms with van der Waals surface area (Å²) in [6, 6.07) is 2.89. The van der Waals surface area contributed by atoms with Crippen LogP contribution in [0.4, 0.5) is 14.5 Å². The van der Waals surface area contributed by atoms with Crippen LogP contribution in [0, 0.1) is 0 Å². The van der Waals surface area contributed by atoms with Gasteiger partial charge in [-0.3, -0.25) is 9.78 Å². The molecule has 6 nitrogen and oxygen atoms in total. The van der Waals surface area contributed by atoms with Gasteiger partial charge in [-0.25, -0.2) is 4.99 Å². The number of hydrogen-bond donors (Lipinski definition) is 1. The van der Waals surface area contributed by atoms with E-state index < -0.39 is 5.92 Å². The number of piperazine rings is 1. The van der Waals surface area contributed by atoms with Crippen molar-refractivity contribution in [2.75, 3.05) is 31.5 Å². The van der Waals surface area contributed by atoms with Crippen molar-refractivity contribution in [3.63, 3.8) is 0 Å². The maximum Gasteiger partial charge on any atom is 0.286 e. The molecule has 0 aromatic carbocycles. The number of hydrogen-bond acceptors (Lipinski definition) is 4. The summed E-state index contributed by atoms with van der Waals surface area (Å²) in [6.07, 6.45) is 9.01. The SMILES string of the molecule is C=CC(=O)N1CCN(C(=N\C=C/C)/C(=C/CC)Nc2ccc(C(C)(F)F)nc2)CC1. The number of rotatable bonds is 7. The van der Waals surface area contributed by atoms with Gasteiger partial charge in [-0.15, -0.1) is 0 Å². The van der Waals surface area contributed by atoms with Crippen molar-refractivity contribution >= 4 is 17.4 Å². The Balaban J connectivity index is 2.23. The van der Waals surface area contributed by atoms with E-state index in [4.69, 9.17) is 0 Å². The minimum absolute atomic E-state index is 0.0806. The van der Waals surface area contributed by atoms with Crippen LogP contribution in [0.15, 0.2) is 60.0 Å². The largest absolute Gasteiger partial charge is 0.352 e. The van der Waals surface area contributed by atoms with E-state index in [0.29, 0.717) is 31.9 Å². The standard InChI is InChI=1S/C22H29F2N5O/c1-5-8-18(27-17-9-10-19(26-16-17)22(4,23)24)21(25-11-6-2)29-14-12-28(13-15-29)20(30)7-3/h6-11,16,27H,3,5,12-15H2,1-2,4H3/b11-6-,18-8-,25-21-. The maximum atomic E-state index is 13.4. The zero-order valence-electron chi connectivity index (χ0n) is 17.7. The average molecular weight is 418 g/mol. The van der Waals surface area contributed by atoms with Crippen LogP contribution in [0.2, 0.25) is 0 Å². The first-order chi connectivity index (χ1) is 14.3. The number of aromatic nitrogens is 1. The van der Waals surface area contributed by atoms with Gasteiger partial charge in [0.25, 0.3) is 5.92 Å². The lowest BCUT2D eigenvalue weighted by molar-refractivity contribution is -0.127. The first-order valence-electron chi connectivity index (χ1n) is 9.97. The van der Waals surface area contributed by atoms with Gasteiger partial charge >= 0.3 is 0 Å². The summed E-state index contributed by atoms with van der Waals surface area (Å²) < 4.78 is 26.9. The van der Waals surface area contributed by atoms with E-state index >= 15 is 0 Å². The van der Waals surface area contributed by atoms with Crippen LogP contribution in [0.25, 0.3) is 0 Å². The summed E-state index contributed by atoms with van der Waals surface area (Å²) >= 11 is 0. The molecule has 0 unspecified atom stereocenters. The van der Waals surface area contributed by atoms with Crippen LogP contribution in [-0.4, -0.2) is 52.7 Å². The van der Waals surface area contributed by atoms with E-state index in [2.05, 4.69) is 26.8 Å². The molecule has 162 valence electrons. The van der Waals surface area contributed by atoms with Gasteiger partial charge in [-0.05, 0) is 31.6 Å². The van der Waals surface area contributed by atoms with Crippen LogP contribution < -0.4 is 5.32 Å². The molecule has 2 rings (SSSR count). The molecule has 1 fully saturated rings. The van der Waals surface area contributed by atoms with Crippen molar-refractivity contribution in [3.8, 4) is 0 Å². The van der Waals surface area contributed by atoms with E-state index in [1.165, 1.54) is 18.3 Å². The Morgan fingerprint density at radius 3 is 2.47 bits per heavy atom. The number of nitrogens with zero attached hydrogens (tertiary/aromatic N) is 4. The highest BCUT2D eigenvalue weighted by atomic mass is 19.3. The van der Waals surface area contributed by atoms with Crippen molar-refractivity contribution in [2.24, 2.45) is 4.99 Å². The Hall–Kier alpha value is -3.03. The van der Waals surface area contributed by atoms with Gasteiger partial charge in [-0.1, -0.05) is 25.7 Å². The molecule has 8 heteroatoms. The molecule has 2 heterocycles. The monoisotopic (exact) mass is 417 g/mol. The second-order valence-corrected chi connectivity index (χ2v) is 6.92. The van der Waals surface area contributed by atoms with Gasteiger partial charge in [-0.2, -0.15) is 8.78 Å². The fraction of sp³-hybridized carbons (Fsp3) is 0.409. The number of carbonyl (C=O) groups excluding carboxylic acids is 1. The van der Waals surface area contributed by atoms with E-state index in [1.807, 2.05) is 26.0 Å². The van der Waals surface area contributed by atoms with Crippen molar-refractivity contribution in [3.05, 3.63) is 60.7 Å². The van der Waals surface area contributed by atoms with Gasteiger partial charge in [0, 0.05) is 39.3 Å². The molecule has 0 atom stereocenters. The minimum Gasteiger partial charge on any atom is -0.352 e. The van der Waals surface area contributed by atoms with E-state index in [-0.39, 0.29) is 11.6 Å². The molecule has 0 bridgehead atoms. The van der Waals surface area contributed by atoms with E-state index in [0.717, 1.165) is 24.9 Å². The fourth-order valence-electron chi connectivity index (χ4n) is 3.02. The topological polar surface area (TPSA) is 60.8 Å². The van der Waals surface area contributed by atoms with Crippen LogP contribution in [0.1, 0.15) is 32.9 Å². The summed E-state index contributed by atoms with van der Waals surface area (Å²) in [4.78, 5) is 24.2. The molecule has 1 amide bonds.